The SMILES string of the molecule is CCOC(=O)[C@@H](C#N)C(=N)[C@@H](C)C(=O)Nc1ccccn1. The molecule has 0 fully saturated rings. The standard InChI is InChI=1S/C14H16N4O3/c1-3-21-14(20)10(8-15)12(16)9(2)13(19)18-11-6-4-5-7-17-11/h4-7,9-10,16H,3H2,1-2H3,(H,17,18,19)/t9-,10+/m1/s1. The maximum atomic E-state index is 12.0. The van der Waals surface area contributed by atoms with Crippen molar-refractivity contribution in [2.45, 2.75) is 13.8 Å². The highest BCUT2D eigenvalue weighted by molar-refractivity contribution is 6.14. The van der Waals surface area contributed by atoms with Gasteiger partial charge in [-0.1, -0.05) is 6.07 Å². The van der Waals surface area contributed by atoms with Crippen molar-refractivity contribution >= 4 is 23.4 Å². The Morgan fingerprint density at radius 1 is 1.52 bits per heavy atom. The van der Waals surface area contributed by atoms with Crippen molar-refractivity contribution in [3.8, 4) is 6.07 Å². The van der Waals surface area contributed by atoms with Crippen LogP contribution in [0.3, 0.4) is 0 Å². The van der Waals surface area contributed by atoms with Gasteiger partial charge in [-0.05, 0) is 26.0 Å². The van der Waals surface area contributed by atoms with Crippen LogP contribution < -0.4 is 5.32 Å². The van der Waals surface area contributed by atoms with Crippen LogP contribution >= 0.6 is 0 Å². The van der Waals surface area contributed by atoms with Crippen LogP contribution in [0.15, 0.2) is 24.4 Å². The molecule has 110 valence electrons. The third kappa shape index (κ3) is 4.38. The number of esters is 1. The fourth-order valence-corrected chi connectivity index (χ4v) is 1.54. The first-order chi connectivity index (χ1) is 10.0. The van der Waals surface area contributed by atoms with Crippen molar-refractivity contribution in [3.05, 3.63) is 24.4 Å². The normalized spacial score (nSPS) is 12.6. The van der Waals surface area contributed by atoms with Crippen molar-refractivity contribution in [2.24, 2.45) is 11.8 Å². The number of pyridine rings is 1. The van der Waals surface area contributed by atoms with Crippen LogP contribution in [0.25, 0.3) is 0 Å². The Balaban J connectivity index is 2.75. The molecular formula is C14H16N4O3. The lowest BCUT2D eigenvalue weighted by Gasteiger charge is -2.16. The average Bonchev–Trinajstić information content (AvgIpc) is 2.48. The molecule has 1 amide bonds. The van der Waals surface area contributed by atoms with Gasteiger partial charge in [-0.3, -0.25) is 9.59 Å². The number of carbonyl (C=O) groups excluding carboxylic acids is 2. The first-order valence-corrected chi connectivity index (χ1v) is 6.37. The van der Waals surface area contributed by atoms with Gasteiger partial charge in [0.1, 0.15) is 5.82 Å². The van der Waals surface area contributed by atoms with E-state index >= 15 is 0 Å². The Hall–Kier alpha value is -2.75. The van der Waals surface area contributed by atoms with E-state index in [0.29, 0.717) is 5.82 Å². The first kappa shape index (κ1) is 16.3. The molecule has 0 aliphatic heterocycles. The molecule has 7 heteroatoms. The number of rotatable bonds is 6. The minimum Gasteiger partial charge on any atom is -0.465 e. The Labute approximate surface area is 122 Å². The lowest BCUT2D eigenvalue weighted by Crippen LogP contribution is -2.35. The molecule has 1 rings (SSSR count). The van der Waals surface area contributed by atoms with Gasteiger partial charge >= 0.3 is 5.97 Å². The molecule has 21 heavy (non-hydrogen) atoms. The summed E-state index contributed by atoms with van der Waals surface area (Å²) in [4.78, 5) is 27.5. The molecule has 0 aliphatic rings. The van der Waals surface area contributed by atoms with Crippen molar-refractivity contribution in [2.75, 3.05) is 11.9 Å². The number of amides is 1. The second-order valence-electron chi connectivity index (χ2n) is 4.20. The Morgan fingerprint density at radius 3 is 2.76 bits per heavy atom. The van der Waals surface area contributed by atoms with Gasteiger partial charge in [0, 0.05) is 11.9 Å². The first-order valence-electron chi connectivity index (χ1n) is 6.37. The quantitative estimate of drug-likeness (QED) is 0.606. The Bertz CT molecular complexity index is 565. The summed E-state index contributed by atoms with van der Waals surface area (Å²) in [5.41, 5.74) is -0.301. The predicted molar refractivity (Wildman–Crippen MR) is 75.5 cm³/mol. The molecule has 1 heterocycles. The minimum atomic E-state index is -1.38. The van der Waals surface area contributed by atoms with E-state index in [9.17, 15) is 9.59 Å². The average molecular weight is 288 g/mol. The van der Waals surface area contributed by atoms with Crippen LogP contribution in [-0.2, 0) is 14.3 Å². The van der Waals surface area contributed by atoms with Gasteiger partial charge in [0.05, 0.1) is 18.6 Å². The van der Waals surface area contributed by atoms with Gasteiger partial charge in [-0.25, -0.2) is 4.98 Å². The summed E-state index contributed by atoms with van der Waals surface area (Å²) in [5, 5.41) is 19.4. The van der Waals surface area contributed by atoms with E-state index in [-0.39, 0.29) is 12.3 Å². The zero-order valence-corrected chi connectivity index (χ0v) is 11.8. The van der Waals surface area contributed by atoms with Crippen molar-refractivity contribution in [1.29, 1.82) is 10.7 Å². The molecule has 1 aromatic heterocycles. The Kier molecular flexibility index (Phi) is 6.01. The third-order valence-corrected chi connectivity index (χ3v) is 2.74. The molecule has 0 radical (unpaired) electrons. The van der Waals surface area contributed by atoms with E-state index in [2.05, 4.69) is 10.3 Å². The smallest absolute Gasteiger partial charge is 0.329 e. The second-order valence-corrected chi connectivity index (χ2v) is 4.20. The van der Waals surface area contributed by atoms with Crippen molar-refractivity contribution in [1.82, 2.24) is 4.98 Å². The number of nitriles is 1. The zero-order chi connectivity index (χ0) is 15.8. The topological polar surface area (TPSA) is 116 Å². The Morgan fingerprint density at radius 2 is 2.24 bits per heavy atom. The van der Waals surface area contributed by atoms with Gasteiger partial charge in [0.2, 0.25) is 5.91 Å². The van der Waals surface area contributed by atoms with Crippen molar-refractivity contribution < 1.29 is 14.3 Å². The fourth-order valence-electron chi connectivity index (χ4n) is 1.54. The highest BCUT2D eigenvalue weighted by atomic mass is 16.5. The molecule has 7 nitrogen and oxygen atoms in total. The van der Waals surface area contributed by atoms with Crippen LogP contribution in [0.5, 0.6) is 0 Å². The number of hydrogen-bond donors (Lipinski definition) is 2. The molecule has 1 aromatic rings. The summed E-state index contributed by atoms with van der Waals surface area (Å²) in [5.74, 6) is -3.31. The monoisotopic (exact) mass is 288 g/mol. The lowest BCUT2D eigenvalue weighted by molar-refractivity contribution is -0.144. The van der Waals surface area contributed by atoms with Gasteiger partial charge in [0.15, 0.2) is 5.92 Å². The molecule has 0 saturated carbocycles. The van der Waals surface area contributed by atoms with Gasteiger partial charge < -0.3 is 15.5 Å². The second kappa shape index (κ2) is 7.75. The predicted octanol–water partition coefficient (Wildman–Crippen LogP) is 1.38. The number of nitrogens with one attached hydrogen (secondary N) is 2. The molecule has 2 N–H and O–H groups in total. The lowest BCUT2D eigenvalue weighted by atomic mass is 9.93. The maximum Gasteiger partial charge on any atom is 0.329 e. The number of hydrogen-bond acceptors (Lipinski definition) is 6. The largest absolute Gasteiger partial charge is 0.465 e. The summed E-state index contributed by atoms with van der Waals surface area (Å²) in [6.07, 6.45) is 1.52. The van der Waals surface area contributed by atoms with Gasteiger partial charge in [-0.2, -0.15) is 5.26 Å². The van der Waals surface area contributed by atoms with Crippen LogP contribution in [0.2, 0.25) is 0 Å². The third-order valence-electron chi connectivity index (χ3n) is 2.74. The number of aromatic nitrogens is 1. The summed E-state index contributed by atoms with van der Waals surface area (Å²) in [6.45, 7) is 3.16. The summed E-state index contributed by atoms with van der Waals surface area (Å²) >= 11 is 0. The van der Waals surface area contributed by atoms with E-state index < -0.39 is 23.7 Å². The van der Waals surface area contributed by atoms with Gasteiger partial charge in [-0.15, -0.1) is 0 Å². The molecule has 0 aromatic carbocycles. The van der Waals surface area contributed by atoms with Gasteiger partial charge in [0.25, 0.3) is 0 Å². The molecule has 2 atom stereocenters. The molecule has 0 spiro atoms. The van der Waals surface area contributed by atoms with Crippen LogP contribution in [0.1, 0.15) is 13.8 Å². The maximum absolute atomic E-state index is 12.0. The number of ether oxygens (including phenoxy) is 1. The number of anilines is 1. The van der Waals surface area contributed by atoms with E-state index in [0.717, 1.165) is 0 Å². The van der Waals surface area contributed by atoms with Crippen LogP contribution in [0.4, 0.5) is 5.82 Å². The molecule has 0 bridgehead atoms. The summed E-state index contributed by atoms with van der Waals surface area (Å²) in [7, 11) is 0. The highest BCUT2D eigenvalue weighted by Gasteiger charge is 2.31. The van der Waals surface area contributed by atoms with Crippen molar-refractivity contribution in [3.63, 3.8) is 0 Å². The van der Waals surface area contributed by atoms with E-state index in [4.69, 9.17) is 15.4 Å². The molecular weight excluding hydrogens is 272 g/mol. The van der Waals surface area contributed by atoms with Crippen LogP contribution in [0, 0.1) is 28.6 Å². The zero-order valence-electron chi connectivity index (χ0n) is 11.8. The highest BCUT2D eigenvalue weighted by Crippen LogP contribution is 2.12. The summed E-state index contributed by atoms with van der Waals surface area (Å²) in [6, 6.07) is 6.70. The molecule has 0 saturated heterocycles. The molecule has 0 unspecified atom stereocenters. The minimum absolute atomic E-state index is 0.110. The summed E-state index contributed by atoms with van der Waals surface area (Å²) < 4.78 is 4.72. The molecule has 0 aliphatic carbocycles. The van der Waals surface area contributed by atoms with E-state index in [1.807, 2.05) is 0 Å². The number of nitrogens with zero attached hydrogens (tertiary/aromatic N) is 2. The van der Waals surface area contributed by atoms with E-state index in [1.54, 1.807) is 31.2 Å². The number of carbonyl (C=O) groups is 2. The van der Waals surface area contributed by atoms with E-state index in [1.165, 1.54) is 13.1 Å². The fraction of sp³-hybridized carbons (Fsp3) is 0.357. The van der Waals surface area contributed by atoms with Crippen LogP contribution in [-0.4, -0.2) is 29.2 Å².